The van der Waals surface area contributed by atoms with Gasteiger partial charge < -0.3 is 15.1 Å². The molecule has 4 rings (SSSR count). The van der Waals surface area contributed by atoms with Crippen LogP contribution >= 0.6 is 0 Å². The Kier molecular flexibility index (Phi) is 5.09. The first-order valence-corrected chi connectivity index (χ1v) is 9.99. The molecule has 2 saturated heterocycles. The topological polar surface area (TPSA) is 65.5 Å². The summed E-state index contributed by atoms with van der Waals surface area (Å²) in [6.07, 6.45) is 8.33. The van der Waals surface area contributed by atoms with Gasteiger partial charge in [-0.05, 0) is 56.6 Å². The normalized spacial score (nSPS) is 23.2. The van der Waals surface area contributed by atoms with E-state index in [0.29, 0.717) is 24.7 Å². The lowest BCUT2D eigenvalue weighted by Gasteiger charge is -2.32. The SMILES string of the molecule is O=C(NCC1CC1)C1CCCN(C(=O)c2cc(N3CCCC3)ccn2)C1. The predicted molar refractivity (Wildman–Crippen MR) is 100 cm³/mol. The summed E-state index contributed by atoms with van der Waals surface area (Å²) in [5.74, 6) is 0.643. The Morgan fingerprint density at radius 1 is 1.12 bits per heavy atom. The van der Waals surface area contributed by atoms with Crippen molar-refractivity contribution in [1.29, 1.82) is 0 Å². The van der Waals surface area contributed by atoms with Gasteiger partial charge in [0.1, 0.15) is 5.69 Å². The molecule has 1 aromatic rings. The van der Waals surface area contributed by atoms with Gasteiger partial charge in [0.25, 0.3) is 5.91 Å². The molecular weight excluding hydrogens is 328 g/mol. The molecule has 0 bridgehead atoms. The Labute approximate surface area is 155 Å². The lowest BCUT2D eigenvalue weighted by molar-refractivity contribution is -0.126. The van der Waals surface area contributed by atoms with Crippen LogP contribution in [-0.2, 0) is 4.79 Å². The number of anilines is 1. The molecule has 0 aromatic carbocycles. The number of hydrogen-bond acceptors (Lipinski definition) is 4. The van der Waals surface area contributed by atoms with E-state index in [2.05, 4.69) is 15.2 Å². The van der Waals surface area contributed by atoms with Crippen molar-refractivity contribution in [3.8, 4) is 0 Å². The molecule has 1 N–H and O–H groups in total. The molecule has 140 valence electrons. The summed E-state index contributed by atoms with van der Waals surface area (Å²) in [6.45, 7) is 4.10. The maximum Gasteiger partial charge on any atom is 0.272 e. The molecular formula is C20H28N4O2. The predicted octanol–water partition coefficient (Wildman–Crippen LogP) is 2.06. The minimum absolute atomic E-state index is 0.0502. The van der Waals surface area contributed by atoms with Crippen LogP contribution in [0.5, 0.6) is 0 Å². The van der Waals surface area contributed by atoms with Crippen molar-refractivity contribution < 1.29 is 9.59 Å². The van der Waals surface area contributed by atoms with Crippen molar-refractivity contribution in [2.75, 3.05) is 37.6 Å². The van der Waals surface area contributed by atoms with Crippen LogP contribution in [0.15, 0.2) is 18.3 Å². The van der Waals surface area contributed by atoms with E-state index in [9.17, 15) is 9.59 Å². The molecule has 3 heterocycles. The summed E-state index contributed by atoms with van der Waals surface area (Å²) in [4.78, 5) is 33.7. The Bertz CT molecular complexity index is 668. The molecule has 1 unspecified atom stereocenters. The van der Waals surface area contributed by atoms with E-state index in [1.165, 1.54) is 25.7 Å². The first-order chi connectivity index (χ1) is 12.7. The molecule has 3 aliphatic rings. The quantitative estimate of drug-likeness (QED) is 0.877. The number of nitrogens with one attached hydrogen (secondary N) is 1. The minimum Gasteiger partial charge on any atom is -0.371 e. The summed E-state index contributed by atoms with van der Waals surface area (Å²) < 4.78 is 0. The highest BCUT2D eigenvalue weighted by molar-refractivity contribution is 5.93. The van der Waals surface area contributed by atoms with Gasteiger partial charge in [0, 0.05) is 44.6 Å². The lowest BCUT2D eigenvalue weighted by atomic mass is 9.96. The Morgan fingerprint density at radius 2 is 1.92 bits per heavy atom. The lowest BCUT2D eigenvalue weighted by Crippen LogP contribution is -2.46. The molecule has 6 nitrogen and oxygen atoms in total. The number of carbonyl (C=O) groups is 2. The second-order valence-electron chi connectivity index (χ2n) is 7.87. The van der Waals surface area contributed by atoms with Gasteiger partial charge in [-0.25, -0.2) is 0 Å². The van der Waals surface area contributed by atoms with Crippen LogP contribution in [0.1, 0.15) is 49.0 Å². The van der Waals surface area contributed by atoms with Gasteiger partial charge in [-0.3, -0.25) is 14.6 Å². The Hall–Kier alpha value is -2.11. The maximum absolute atomic E-state index is 12.9. The van der Waals surface area contributed by atoms with E-state index < -0.39 is 0 Å². The van der Waals surface area contributed by atoms with Crippen molar-refractivity contribution in [1.82, 2.24) is 15.2 Å². The number of nitrogens with zero attached hydrogens (tertiary/aromatic N) is 3. The summed E-state index contributed by atoms with van der Waals surface area (Å²) in [5.41, 5.74) is 1.57. The molecule has 1 saturated carbocycles. The highest BCUT2D eigenvalue weighted by Gasteiger charge is 2.31. The van der Waals surface area contributed by atoms with Crippen LogP contribution < -0.4 is 10.2 Å². The molecule has 6 heteroatoms. The maximum atomic E-state index is 12.9. The number of piperidine rings is 1. The number of amides is 2. The highest BCUT2D eigenvalue weighted by Crippen LogP contribution is 2.28. The van der Waals surface area contributed by atoms with Crippen molar-refractivity contribution in [2.24, 2.45) is 11.8 Å². The minimum atomic E-state index is -0.0896. The van der Waals surface area contributed by atoms with Crippen LogP contribution in [0, 0.1) is 11.8 Å². The number of carbonyl (C=O) groups excluding carboxylic acids is 2. The molecule has 26 heavy (non-hydrogen) atoms. The summed E-state index contributed by atoms with van der Waals surface area (Å²) >= 11 is 0. The standard InChI is InChI=1S/C20H28N4O2/c25-19(22-13-15-5-6-15)16-4-3-11-24(14-16)20(26)18-12-17(7-8-21-18)23-9-1-2-10-23/h7-8,12,15-16H,1-6,9-11,13-14H2,(H,22,25). The van der Waals surface area contributed by atoms with Gasteiger partial charge in [0.15, 0.2) is 0 Å². The number of pyridine rings is 1. The van der Waals surface area contributed by atoms with Gasteiger partial charge in [0.2, 0.25) is 5.91 Å². The largest absolute Gasteiger partial charge is 0.371 e. The molecule has 2 aliphatic heterocycles. The van der Waals surface area contributed by atoms with Crippen molar-refractivity contribution in [3.05, 3.63) is 24.0 Å². The average molecular weight is 356 g/mol. The molecule has 2 amide bonds. The number of aromatic nitrogens is 1. The van der Waals surface area contributed by atoms with Crippen LogP contribution in [0.25, 0.3) is 0 Å². The third kappa shape index (κ3) is 4.00. The van der Waals surface area contributed by atoms with Gasteiger partial charge >= 0.3 is 0 Å². The van der Waals surface area contributed by atoms with Crippen LogP contribution in [0.2, 0.25) is 0 Å². The van der Waals surface area contributed by atoms with E-state index in [1.54, 1.807) is 11.1 Å². The summed E-state index contributed by atoms with van der Waals surface area (Å²) in [7, 11) is 0. The second-order valence-corrected chi connectivity index (χ2v) is 7.87. The average Bonchev–Trinajstić information content (AvgIpc) is 3.36. The molecule has 1 aromatic heterocycles. The zero-order valence-corrected chi connectivity index (χ0v) is 15.3. The monoisotopic (exact) mass is 356 g/mol. The first-order valence-electron chi connectivity index (χ1n) is 9.99. The summed E-state index contributed by atoms with van der Waals surface area (Å²) in [5, 5.41) is 3.06. The third-order valence-corrected chi connectivity index (χ3v) is 5.78. The van der Waals surface area contributed by atoms with E-state index in [4.69, 9.17) is 0 Å². The zero-order valence-electron chi connectivity index (χ0n) is 15.3. The zero-order chi connectivity index (χ0) is 17.9. The molecule has 1 atom stereocenters. The molecule has 3 fully saturated rings. The van der Waals surface area contributed by atoms with Crippen LogP contribution in [0.3, 0.4) is 0 Å². The molecule has 0 radical (unpaired) electrons. The number of hydrogen-bond donors (Lipinski definition) is 1. The first kappa shape index (κ1) is 17.3. The number of likely N-dealkylation sites (tertiary alicyclic amines) is 1. The van der Waals surface area contributed by atoms with E-state index in [-0.39, 0.29) is 17.7 Å². The fraction of sp³-hybridized carbons (Fsp3) is 0.650. The highest BCUT2D eigenvalue weighted by atomic mass is 16.2. The van der Waals surface area contributed by atoms with Gasteiger partial charge in [-0.15, -0.1) is 0 Å². The van der Waals surface area contributed by atoms with Crippen molar-refractivity contribution in [2.45, 2.75) is 38.5 Å². The fourth-order valence-electron chi connectivity index (χ4n) is 3.96. The van der Waals surface area contributed by atoms with E-state index >= 15 is 0 Å². The smallest absolute Gasteiger partial charge is 0.272 e. The number of rotatable bonds is 5. The fourth-order valence-corrected chi connectivity index (χ4v) is 3.96. The van der Waals surface area contributed by atoms with Crippen molar-refractivity contribution in [3.63, 3.8) is 0 Å². The van der Waals surface area contributed by atoms with E-state index in [0.717, 1.165) is 38.2 Å². The van der Waals surface area contributed by atoms with E-state index in [1.807, 2.05) is 12.1 Å². The molecule has 1 aliphatic carbocycles. The van der Waals surface area contributed by atoms with Gasteiger partial charge in [-0.1, -0.05) is 0 Å². The van der Waals surface area contributed by atoms with Crippen LogP contribution in [0.4, 0.5) is 5.69 Å². The second kappa shape index (κ2) is 7.64. The van der Waals surface area contributed by atoms with Gasteiger partial charge in [0.05, 0.1) is 5.92 Å². The Balaban J connectivity index is 1.38. The van der Waals surface area contributed by atoms with Crippen LogP contribution in [-0.4, -0.2) is 54.4 Å². The van der Waals surface area contributed by atoms with Crippen molar-refractivity contribution >= 4 is 17.5 Å². The third-order valence-electron chi connectivity index (χ3n) is 5.78. The Morgan fingerprint density at radius 3 is 2.69 bits per heavy atom. The molecule has 0 spiro atoms. The summed E-state index contributed by atoms with van der Waals surface area (Å²) in [6, 6.07) is 3.89. The van der Waals surface area contributed by atoms with Gasteiger partial charge in [-0.2, -0.15) is 0 Å².